The van der Waals surface area contributed by atoms with Gasteiger partial charge in [-0.05, 0) is 18.6 Å². The molecule has 0 aliphatic heterocycles. The standard InChI is InChI=1S/C7H7NO/c1-6(2)7(9)4-3-5-8/h3-4H,1H2,2H3. The van der Waals surface area contributed by atoms with Crippen LogP contribution in [0.3, 0.4) is 0 Å². The SMILES string of the molecule is C=C(C)C(=O)C=CC#N. The number of carbonyl (C=O) groups is 1. The van der Waals surface area contributed by atoms with Gasteiger partial charge in [0.05, 0.1) is 6.07 Å². The summed E-state index contributed by atoms with van der Waals surface area (Å²) in [5.74, 6) is -0.198. The monoisotopic (exact) mass is 121 g/mol. The Balaban J connectivity index is 3.97. The Morgan fingerprint density at radius 2 is 2.33 bits per heavy atom. The lowest BCUT2D eigenvalue weighted by atomic mass is 10.2. The number of nitriles is 1. The average Bonchev–Trinajstić information content (AvgIpc) is 1.82. The Morgan fingerprint density at radius 3 is 2.67 bits per heavy atom. The predicted molar refractivity (Wildman–Crippen MR) is 34.6 cm³/mol. The average molecular weight is 121 g/mol. The number of hydrogen-bond acceptors (Lipinski definition) is 2. The first-order chi connectivity index (χ1) is 4.18. The van der Waals surface area contributed by atoms with E-state index in [4.69, 9.17) is 5.26 Å². The Bertz CT molecular complexity index is 195. The van der Waals surface area contributed by atoms with E-state index >= 15 is 0 Å². The molecule has 0 saturated heterocycles. The van der Waals surface area contributed by atoms with Gasteiger partial charge in [-0.25, -0.2) is 0 Å². The lowest BCUT2D eigenvalue weighted by molar-refractivity contribution is -0.111. The minimum absolute atomic E-state index is 0.198. The number of nitrogens with zero attached hydrogens (tertiary/aromatic N) is 1. The van der Waals surface area contributed by atoms with Crippen LogP contribution in [0.25, 0.3) is 0 Å². The first-order valence-electron chi connectivity index (χ1n) is 2.44. The summed E-state index contributed by atoms with van der Waals surface area (Å²) in [4.78, 5) is 10.6. The molecular weight excluding hydrogens is 114 g/mol. The van der Waals surface area contributed by atoms with E-state index in [-0.39, 0.29) is 5.78 Å². The van der Waals surface area contributed by atoms with Crippen LogP contribution >= 0.6 is 0 Å². The minimum atomic E-state index is -0.198. The zero-order valence-corrected chi connectivity index (χ0v) is 5.22. The Hall–Kier alpha value is -1.36. The predicted octanol–water partition coefficient (Wildman–Crippen LogP) is 1.21. The molecule has 0 fully saturated rings. The minimum Gasteiger partial charge on any atom is -0.290 e. The largest absolute Gasteiger partial charge is 0.290 e. The number of allylic oxidation sites excluding steroid dienone is 3. The smallest absolute Gasteiger partial charge is 0.181 e. The van der Waals surface area contributed by atoms with Crippen molar-refractivity contribution in [2.24, 2.45) is 0 Å². The molecule has 0 aromatic carbocycles. The van der Waals surface area contributed by atoms with Crippen molar-refractivity contribution in [2.45, 2.75) is 6.92 Å². The van der Waals surface area contributed by atoms with Gasteiger partial charge in [-0.3, -0.25) is 4.79 Å². The van der Waals surface area contributed by atoms with Gasteiger partial charge in [-0.1, -0.05) is 6.58 Å². The topological polar surface area (TPSA) is 40.9 Å². The van der Waals surface area contributed by atoms with E-state index in [9.17, 15) is 4.79 Å². The first kappa shape index (κ1) is 7.64. The summed E-state index contributed by atoms with van der Waals surface area (Å²) in [6.07, 6.45) is 2.33. The molecule has 0 unspecified atom stereocenters. The number of hydrogen-bond donors (Lipinski definition) is 0. The molecular formula is C7H7NO. The molecule has 0 bridgehead atoms. The van der Waals surface area contributed by atoms with Crippen molar-refractivity contribution in [2.75, 3.05) is 0 Å². The lowest BCUT2D eigenvalue weighted by Gasteiger charge is -1.84. The van der Waals surface area contributed by atoms with Gasteiger partial charge in [0.2, 0.25) is 0 Å². The molecule has 0 N–H and O–H groups in total. The van der Waals surface area contributed by atoms with E-state index in [1.807, 2.05) is 0 Å². The van der Waals surface area contributed by atoms with E-state index in [1.165, 1.54) is 6.08 Å². The maximum atomic E-state index is 10.6. The van der Waals surface area contributed by atoms with E-state index in [2.05, 4.69) is 6.58 Å². The quantitative estimate of drug-likeness (QED) is 0.407. The second-order valence-corrected chi connectivity index (χ2v) is 1.61. The molecule has 0 aromatic heterocycles. The van der Waals surface area contributed by atoms with Crippen molar-refractivity contribution in [1.82, 2.24) is 0 Å². The number of rotatable bonds is 2. The summed E-state index contributed by atoms with van der Waals surface area (Å²) < 4.78 is 0. The van der Waals surface area contributed by atoms with Crippen LogP contribution in [-0.2, 0) is 4.79 Å². The second-order valence-electron chi connectivity index (χ2n) is 1.61. The molecule has 9 heavy (non-hydrogen) atoms. The van der Waals surface area contributed by atoms with Crippen LogP contribution in [-0.4, -0.2) is 5.78 Å². The van der Waals surface area contributed by atoms with Crippen molar-refractivity contribution < 1.29 is 4.79 Å². The van der Waals surface area contributed by atoms with Crippen LogP contribution < -0.4 is 0 Å². The highest BCUT2D eigenvalue weighted by Crippen LogP contribution is 1.89. The van der Waals surface area contributed by atoms with Crippen LogP contribution in [0.15, 0.2) is 24.3 Å². The summed E-state index contributed by atoms with van der Waals surface area (Å²) in [7, 11) is 0. The molecule has 0 aliphatic carbocycles. The second kappa shape index (κ2) is 3.62. The highest BCUT2D eigenvalue weighted by Gasteiger charge is 1.92. The van der Waals surface area contributed by atoms with Crippen LogP contribution in [0.5, 0.6) is 0 Å². The Labute approximate surface area is 54.1 Å². The van der Waals surface area contributed by atoms with Crippen molar-refractivity contribution in [3.63, 3.8) is 0 Å². The van der Waals surface area contributed by atoms with Gasteiger partial charge < -0.3 is 0 Å². The zero-order chi connectivity index (χ0) is 7.28. The van der Waals surface area contributed by atoms with Crippen LogP contribution in [0.4, 0.5) is 0 Å². The zero-order valence-electron chi connectivity index (χ0n) is 5.22. The maximum Gasteiger partial charge on any atom is 0.181 e. The van der Waals surface area contributed by atoms with Gasteiger partial charge in [0.1, 0.15) is 0 Å². The van der Waals surface area contributed by atoms with E-state index < -0.39 is 0 Å². The third kappa shape index (κ3) is 3.24. The third-order valence-corrected chi connectivity index (χ3v) is 0.730. The van der Waals surface area contributed by atoms with Crippen LogP contribution in [0.2, 0.25) is 0 Å². The van der Waals surface area contributed by atoms with Crippen LogP contribution in [0, 0.1) is 11.3 Å². The van der Waals surface area contributed by atoms with Gasteiger partial charge in [-0.2, -0.15) is 5.26 Å². The molecule has 0 atom stereocenters. The van der Waals surface area contributed by atoms with Crippen molar-refractivity contribution in [3.05, 3.63) is 24.3 Å². The molecule has 0 spiro atoms. The van der Waals surface area contributed by atoms with Gasteiger partial charge in [-0.15, -0.1) is 0 Å². The highest BCUT2D eigenvalue weighted by atomic mass is 16.1. The molecule has 0 radical (unpaired) electrons. The number of carbonyl (C=O) groups excluding carboxylic acids is 1. The normalized spacial score (nSPS) is 8.89. The molecule has 0 amide bonds. The van der Waals surface area contributed by atoms with Crippen molar-refractivity contribution in [3.8, 4) is 6.07 Å². The molecule has 0 rings (SSSR count). The molecule has 0 heterocycles. The van der Waals surface area contributed by atoms with E-state index in [1.54, 1.807) is 13.0 Å². The van der Waals surface area contributed by atoms with Crippen molar-refractivity contribution >= 4 is 5.78 Å². The van der Waals surface area contributed by atoms with Gasteiger partial charge >= 0.3 is 0 Å². The summed E-state index contributed by atoms with van der Waals surface area (Å²) in [5, 5.41) is 7.98. The lowest BCUT2D eigenvalue weighted by Crippen LogP contribution is -1.90. The molecule has 2 heteroatoms. The molecule has 0 aliphatic rings. The molecule has 46 valence electrons. The molecule has 0 saturated carbocycles. The fraction of sp³-hybridized carbons (Fsp3) is 0.143. The molecule has 0 aromatic rings. The highest BCUT2D eigenvalue weighted by molar-refractivity contribution is 6.03. The Morgan fingerprint density at radius 1 is 1.78 bits per heavy atom. The van der Waals surface area contributed by atoms with Gasteiger partial charge in [0.25, 0.3) is 0 Å². The van der Waals surface area contributed by atoms with Gasteiger partial charge in [0, 0.05) is 6.08 Å². The summed E-state index contributed by atoms with van der Waals surface area (Å²) in [6, 6.07) is 1.71. The summed E-state index contributed by atoms with van der Waals surface area (Å²) in [5.41, 5.74) is 0.446. The summed E-state index contributed by atoms with van der Waals surface area (Å²) in [6.45, 7) is 5.00. The van der Waals surface area contributed by atoms with Gasteiger partial charge in [0.15, 0.2) is 5.78 Å². The number of ketones is 1. The first-order valence-corrected chi connectivity index (χ1v) is 2.44. The van der Waals surface area contributed by atoms with E-state index in [0.717, 1.165) is 6.08 Å². The fourth-order valence-corrected chi connectivity index (χ4v) is 0.255. The van der Waals surface area contributed by atoms with E-state index in [0.29, 0.717) is 5.57 Å². The molecule has 2 nitrogen and oxygen atoms in total. The Kier molecular flexibility index (Phi) is 3.07. The van der Waals surface area contributed by atoms with Crippen LogP contribution in [0.1, 0.15) is 6.92 Å². The van der Waals surface area contributed by atoms with Crippen molar-refractivity contribution in [1.29, 1.82) is 5.26 Å². The third-order valence-electron chi connectivity index (χ3n) is 0.730. The summed E-state index contributed by atoms with van der Waals surface area (Å²) >= 11 is 0. The fourth-order valence-electron chi connectivity index (χ4n) is 0.255. The maximum absolute atomic E-state index is 10.6.